The summed E-state index contributed by atoms with van der Waals surface area (Å²) in [5.41, 5.74) is 1.37. The molecule has 3 aromatic carbocycles. The molecule has 254 valence electrons. The molecule has 0 aliphatic heterocycles. The van der Waals surface area contributed by atoms with Crippen LogP contribution in [-0.4, -0.2) is 18.1 Å². The Morgan fingerprint density at radius 2 is 0.644 bits per heavy atom. The van der Waals surface area contributed by atoms with E-state index in [0.717, 1.165) is 0 Å². The van der Waals surface area contributed by atoms with Gasteiger partial charge in [-0.05, 0) is 55.2 Å². The minimum absolute atomic E-state index is 0.0858. The first-order chi connectivity index (χ1) is 20.0. The lowest BCUT2D eigenvalue weighted by atomic mass is 9.78. The fraction of sp³-hybridized carbons (Fsp3) is 0.500. The minimum Gasteiger partial charge on any atom is -0.300 e. The molecular weight excluding hydrogens is 586 g/mol. The summed E-state index contributed by atoms with van der Waals surface area (Å²) in [7, 11) is 0. The molecule has 0 aliphatic rings. The van der Waals surface area contributed by atoms with Crippen LogP contribution in [0.3, 0.4) is 0 Å². The fourth-order valence-corrected chi connectivity index (χ4v) is 2.98. The van der Waals surface area contributed by atoms with Crippen LogP contribution in [0.2, 0.25) is 0 Å². The number of carbonyl (C=O) groups is 1. The lowest BCUT2D eigenvalue weighted by Crippen LogP contribution is -2.44. The maximum Gasteiger partial charge on any atom is 0.402 e. The highest BCUT2D eigenvalue weighted by atomic mass is 19.4. The van der Waals surface area contributed by atoms with Crippen molar-refractivity contribution in [3.05, 3.63) is 108 Å². The number of ketones is 1. The molecule has 0 aromatic heterocycles. The van der Waals surface area contributed by atoms with E-state index in [9.17, 15) is 31.1 Å². The van der Waals surface area contributed by atoms with E-state index in [-0.39, 0.29) is 25.0 Å². The highest BCUT2D eigenvalue weighted by molar-refractivity contribution is 5.72. The van der Waals surface area contributed by atoms with Crippen LogP contribution in [0.15, 0.2) is 91.0 Å². The van der Waals surface area contributed by atoms with Gasteiger partial charge in [0.25, 0.3) is 0 Å². The third-order valence-corrected chi connectivity index (χ3v) is 6.05. The van der Waals surface area contributed by atoms with Gasteiger partial charge in [0.15, 0.2) is 5.41 Å². The maximum absolute atomic E-state index is 11.6. The molecular formula is C38H54F6O. The van der Waals surface area contributed by atoms with Gasteiger partial charge in [0.2, 0.25) is 0 Å². The fourth-order valence-electron chi connectivity index (χ4n) is 2.98. The van der Waals surface area contributed by atoms with Crippen molar-refractivity contribution in [2.45, 2.75) is 113 Å². The second-order valence-corrected chi connectivity index (χ2v) is 14.5. The number of rotatable bonds is 2. The van der Waals surface area contributed by atoms with E-state index >= 15 is 0 Å². The molecule has 0 saturated heterocycles. The van der Waals surface area contributed by atoms with E-state index < -0.39 is 17.8 Å². The second kappa shape index (κ2) is 18.2. The van der Waals surface area contributed by atoms with Gasteiger partial charge in [0.05, 0.1) is 0 Å². The molecule has 0 unspecified atom stereocenters. The summed E-state index contributed by atoms with van der Waals surface area (Å²) < 4.78 is 69.7. The summed E-state index contributed by atoms with van der Waals surface area (Å²) in [6.45, 7) is 23.2. The van der Waals surface area contributed by atoms with Crippen molar-refractivity contribution < 1.29 is 31.1 Å². The summed E-state index contributed by atoms with van der Waals surface area (Å²) in [6, 6.07) is 31.8. The Balaban J connectivity index is 0. The molecule has 3 rings (SSSR count). The van der Waals surface area contributed by atoms with E-state index in [4.69, 9.17) is 0 Å². The molecule has 3 aromatic rings. The Labute approximate surface area is 268 Å². The number of Topliss-reactive ketones (excluding diaryl/α,β-unsaturated/α-hetero) is 1. The van der Waals surface area contributed by atoms with E-state index in [2.05, 4.69) is 153 Å². The molecule has 0 spiro atoms. The van der Waals surface area contributed by atoms with Crippen molar-refractivity contribution in [2.75, 3.05) is 0 Å². The third kappa shape index (κ3) is 19.1. The van der Waals surface area contributed by atoms with E-state index in [1.807, 2.05) is 0 Å². The van der Waals surface area contributed by atoms with E-state index in [1.165, 1.54) is 30.5 Å². The van der Waals surface area contributed by atoms with Crippen molar-refractivity contribution in [1.82, 2.24) is 0 Å². The van der Waals surface area contributed by atoms with Crippen LogP contribution in [0, 0.1) is 10.8 Å². The number of hydrogen-bond donors (Lipinski definition) is 0. The summed E-state index contributed by atoms with van der Waals surface area (Å²) in [4.78, 5) is 9.44. The van der Waals surface area contributed by atoms with Crippen LogP contribution in [0.4, 0.5) is 26.3 Å². The number of hydrogen-bond acceptors (Lipinski definition) is 1. The topological polar surface area (TPSA) is 17.1 Å². The zero-order valence-electron chi connectivity index (χ0n) is 29.3. The van der Waals surface area contributed by atoms with Crippen LogP contribution in [0.25, 0.3) is 0 Å². The van der Waals surface area contributed by atoms with Crippen molar-refractivity contribution >= 4 is 5.78 Å². The quantitative estimate of drug-likeness (QED) is 0.255. The zero-order valence-corrected chi connectivity index (χ0v) is 29.3. The van der Waals surface area contributed by atoms with Gasteiger partial charge in [-0.2, -0.15) is 26.3 Å². The molecule has 1 nitrogen and oxygen atoms in total. The summed E-state index contributed by atoms with van der Waals surface area (Å²) in [5, 5.41) is 0. The van der Waals surface area contributed by atoms with Crippen LogP contribution < -0.4 is 0 Å². The van der Waals surface area contributed by atoms with Gasteiger partial charge in [-0.15, -0.1) is 0 Å². The molecule has 0 fully saturated rings. The van der Waals surface area contributed by atoms with Gasteiger partial charge in [0, 0.05) is 5.41 Å². The highest BCUT2D eigenvalue weighted by Crippen LogP contribution is 2.49. The molecule has 7 heteroatoms. The molecule has 0 radical (unpaired) electrons. The van der Waals surface area contributed by atoms with Crippen LogP contribution in [0.1, 0.15) is 107 Å². The number of alkyl halides is 6. The van der Waals surface area contributed by atoms with Crippen LogP contribution >= 0.6 is 0 Å². The van der Waals surface area contributed by atoms with Gasteiger partial charge < -0.3 is 4.79 Å². The first kappa shape index (κ1) is 44.0. The number of carbonyl (C=O) groups excluding carboxylic acids is 1. The number of halogens is 6. The molecule has 0 saturated carbocycles. The maximum atomic E-state index is 11.6. The molecule has 0 atom stereocenters. The minimum atomic E-state index is -5.24. The lowest BCUT2D eigenvalue weighted by Gasteiger charge is -2.29. The lowest BCUT2D eigenvalue weighted by molar-refractivity contribution is -0.327. The molecule has 45 heavy (non-hydrogen) atoms. The smallest absolute Gasteiger partial charge is 0.300 e. The van der Waals surface area contributed by atoms with E-state index in [0.29, 0.717) is 10.8 Å². The zero-order chi connectivity index (χ0) is 35.9. The number of benzene rings is 3. The Morgan fingerprint density at radius 3 is 0.778 bits per heavy atom. The molecule has 0 amide bonds. The Morgan fingerprint density at radius 1 is 0.444 bits per heavy atom. The summed E-state index contributed by atoms with van der Waals surface area (Å²) in [5.74, 6) is 0.167. The van der Waals surface area contributed by atoms with Gasteiger partial charge >= 0.3 is 12.4 Å². The van der Waals surface area contributed by atoms with Gasteiger partial charge in [-0.1, -0.05) is 153 Å². The van der Waals surface area contributed by atoms with Crippen molar-refractivity contribution in [2.24, 2.45) is 10.8 Å². The van der Waals surface area contributed by atoms with Crippen LogP contribution in [0.5, 0.6) is 0 Å². The highest BCUT2D eigenvalue weighted by Gasteiger charge is 2.64. The van der Waals surface area contributed by atoms with Crippen LogP contribution in [-0.2, 0) is 15.6 Å². The second-order valence-electron chi connectivity index (χ2n) is 14.5. The van der Waals surface area contributed by atoms with Gasteiger partial charge in [-0.25, -0.2) is 0 Å². The predicted molar refractivity (Wildman–Crippen MR) is 178 cm³/mol. The molecule has 0 N–H and O–H groups in total. The molecule has 0 bridgehead atoms. The largest absolute Gasteiger partial charge is 0.402 e. The monoisotopic (exact) mass is 640 g/mol. The predicted octanol–water partition coefficient (Wildman–Crippen LogP) is 12.8. The van der Waals surface area contributed by atoms with Crippen molar-refractivity contribution in [1.29, 1.82) is 0 Å². The average Bonchev–Trinajstić information content (AvgIpc) is 2.88. The summed E-state index contributed by atoms with van der Waals surface area (Å²) in [6.07, 6.45) is -10.5. The molecule has 0 heterocycles. The first-order valence-electron chi connectivity index (χ1n) is 14.8. The molecule has 0 aliphatic carbocycles. The van der Waals surface area contributed by atoms with Gasteiger partial charge in [0.1, 0.15) is 5.78 Å². The summed E-state index contributed by atoms with van der Waals surface area (Å²) >= 11 is 0. The van der Waals surface area contributed by atoms with Crippen molar-refractivity contribution in [3.63, 3.8) is 0 Å². The van der Waals surface area contributed by atoms with Gasteiger partial charge in [-0.3, -0.25) is 0 Å². The first-order valence-corrected chi connectivity index (χ1v) is 14.8. The Bertz CT molecular complexity index is 1130. The van der Waals surface area contributed by atoms with Crippen molar-refractivity contribution in [3.8, 4) is 0 Å². The Kier molecular flexibility index (Phi) is 17.8. The Hall–Kier alpha value is -3.09. The SMILES string of the molecule is CC(C)(C(F)(F)F)C(F)(F)F.CC(C)(C)C.CC(C)(C)c1ccccc1.CC(C)(c1ccccc1)c1ccccc1.CC(C)=O. The third-order valence-electron chi connectivity index (χ3n) is 6.05. The normalized spacial score (nSPS) is 12.0. The van der Waals surface area contributed by atoms with E-state index in [1.54, 1.807) is 0 Å². The average molecular weight is 641 g/mol. The standard InChI is InChI=1S/C15H16.C10H14.C5H6F6.C5H12.C3H6O/c1-15(2,13-9-5-3-6-10-13)14-11-7-4-8-12-14;1-10(2,3)9-7-5-4-6-8-9;1-3(2,4(6,7)8)5(9,10)11;1-5(2,3)4;1-3(2)4/h3-12H,1-2H3;4-8H,1-3H3;1-2H3;1-4H3;1-2H3.